The molecule has 1 aromatic carbocycles. The predicted octanol–water partition coefficient (Wildman–Crippen LogP) is 3.09. The summed E-state index contributed by atoms with van der Waals surface area (Å²) in [6, 6.07) is 10.0. The molecule has 0 amide bonds. The molecule has 0 unspecified atom stereocenters. The Kier molecular flexibility index (Phi) is 5.98. The van der Waals surface area contributed by atoms with Gasteiger partial charge in [-0.05, 0) is 25.1 Å². The van der Waals surface area contributed by atoms with Crippen molar-refractivity contribution in [3.05, 3.63) is 41.4 Å². The summed E-state index contributed by atoms with van der Waals surface area (Å²) in [6.07, 6.45) is 1.08. The monoisotopic (exact) mass is 291 g/mol. The molecule has 4 nitrogen and oxygen atoms in total. The van der Waals surface area contributed by atoms with Gasteiger partial charge < -0.3 is 10.4 Å². The van der Waals surface area contributed by atoms with Gasteiger partial charge in [-0.25, -0.2) is 4.98 Å². The van der Waals surface area contributed by atoms with Crippen molar-refractivity contribution in [2.75, 3.05) is 25.0 Å². The summed E-state index contributed by atoms with van der Waals surface area (Å²) < 4.78 is 0. The highest BCUT2D eigenvalue weighted by Crippen LogP contribution is 2.21. The molecule has 2 N–H and O–H groups in total. The predicted molar refractivity (Wildman–Crippen MR) is 84.5 cm³/mol. The molecule has 2 rings (SSSR count). The zero-order chi connectivity index (χ0) is 14.2. The van der Waals surface area contributed by atoms with Crippen LogP contribution in [0, 0.1) is 0 Å². The van der Waals surface area contributed by atoms with Crippen LogP contribution in [0.25, 0.3) is 0 Å². The van der Waals surface area contributed by atoms with Gasteiger partial charge in [0.1, 0.15) is 0 Å². The molecule has 1 aromatic heterocycles. The molecule has 5 heteroatoms. The fraction of sp³-hybridized carbons (Fsp3) is 0.400. The maximum atomic E-state index is 9.07. The average Bonchev–Trinajstić information content (AvgIpc) is 2.88. The Morgan fingerprint density at radius 3 is 2.75 bits per heavy atom. The van der Waals surface area contributed by atoms with E-state index in [-0.39, 0.29) is 6.61 Å². The summed E-state index contributed by atoms with van der Waals surface area (Å²) in [7, 11) is 0. The minimum atomic E-state index is 0.194. The highest BCUT2D eigenvalue weighted by molar-refractivity contribution is 7.13. The van der Waals surface area contributed by atoms with Gasteiger partial charge in [0.05, 0.1) is 12.3 Å². The molecule has 0 aliphatic carbocycles. The van der Waals surface area contributed by atoms with E-state index in [1.54, 1.807) is 11.3 Å². The Balaban J connectivity index is 1.94. The van der Waals surface area contributed by atoms with Gasteiger partial charge in [-0.1, -0.05) is 25.1 Å². The molecular formula is C15H21N3OS. The van der Waals surface area contributed by atoms with Crippen LogP contribution in [0.4, 0.5) is 10.8 Å². The molecule has 2 aromatic rings. The van der Waals surface area contributed by atoms with Gasteiger partial charge in [0.15, 0.2) is 5.13 Å². The zero-order valence-electron chi connectivity index (χ0n) is 11.7. The van der Waals surface area contributed by atoms with Crippen LogP contribution in [0.3, 0.4) is 0 Å². The number of nitrogens with one attached hydrogen (secondary N) is 1. The first-order valence-electron chi connectivity index (χ1n) is 6.91. The fourth-order valence-electron chi connectivity index (χ4n) is 2.04. The molecule has 20 heavy (non-hydrogen) atoms. The highest BCUT2D eigenvalue weighted by atomic mass is 32.1. The molecule has 0 spiro atoms. The summed E-state index contributed by atoms with van der Waals surface area (Å²) in [6.45, 7) is 4.82. The molecule has 0 fully saturated rings. The minimum Gasteiger partial charge on any atom is -0.395 e. The number of benzene rings is 1. The van der Waals surface area contributed by atoms with Gasteiger partial charge in [0.2, 0.25) is 0 Å². The van der Waals surface area contributed by atoms with Crippen molar-refractivity contribution >= 4 is 22.2 Å². The SMILES string of the molecule is CCCN(CCO)Cc1csc(Nc2ccccc2)n1. The van der Waals surface area contributed by atoms with Crippen LogP contribution in [0.5, 0.6) is 0 Å². The van der Waals surface area contributed by atoms with E-state index in [1.807, 2.05) is 30.3 Å². The maximum Gasteiger partial charge on any atom is 0.187 e. The average molecular weight is 291 g/mol. The van der Waals surface area contributed by atoms with Crippen molar-refractivity contribution in [3.63, 3.8) is 0 Å². The van der Waals surface area contributed by atoms with Crippen molar-refractivity contribution < 1.29 is 5.11 Å². The zero-order valence-corrected chi connectivity index (χ0v) is 12.6. The molecule has 0 saturated heterocycles. The van der Waals surface area contributed by atoms with Gasteiger partial charge >= 0.3 is 0 Å². The van der Waals surface area contributed by atoms with E-state index < -0.39 is 0 Å². The van der Waals surface area contributed by atoms with Gasteiger partial charge in [0, 0.05) is 24.2 Å². The number of rotatable bonds is 8. The molecule has 0 aliphatic heterocycles. The Labute approximate surface area is 124 Å². The largest absolute Gasteiger partial charge is 0.395 e. The highest BCUT2D eigenvalue weighted by Gasteiger charge is 2.08. The van der Waals surface area contributed by atoms with E-state index in [4.69, 9.17) is 5.11 Å². The number of hydrogen-bond acceptors (Lipinski definition) is 5. The Hall–Kier alpha value is -1.43. The molecule has 0 atom stereocenters. The summed E-state index contributed by atoms with van der Waals surface area (Å²) in [5.41, 5.74) is 2.10. The fourth-order valence-corrected chi connectivity index (χ4v) is 2.76. The van der Waals surface area contributed by atoms with Gasteiger partial charge in [-0.3, -0.25) is 4.90 Å². The number of nitrogens with zero attached hydrogens (tertiary/aromatic N) is 2. The van der Waals surface area contributed by atoms with Gasteiger partial charge in [0.25, 0.3) is 0 Å². The van der Waals surface area contributed by atoms with Crippen LogP contribution >= 0.6 is 11.3 Å². The number of para-hydroxylation sites is 1. The van der Waals surface area contributed by atoms with Crippen molar-refractivity contribution in [2.45, 2.75) is 19.9 Å². The summed E-state index contributed by atoms with van der Waals surface area (Å²) >= 11 is 1.61. The molecule has 0 saturated carbocycles. The molecule has 1 heterocycles. The molecular weight excluding hydrogens is 270 g/mol. The van der Waals surface area contributed by atoms with Gasteiger partial charge in [-0.15, -0.1) is 11.3 Å². The summed E-state index contributed by atoms with van der Waals surface area (Å²) in [5.74, 6) is 0. The lowest BCUT2D eigenvalue weighted by atomic mass is 10.3. The summed E-state index contributed by atoms with van der Waals surface area (Å²) in [4.78, 5) is 6.82. The lowest BCUT2D eigenvalue weighted by molar-refractivity contribution is 0.189. The third-order valence-corrected chi connectivity index (χ3v) is 3.73. The lowest BCUT2D eigenvalue weighted by Gasteiger charge is -2.18. The number of aliphatic hydroxyl groups excluding tert-OH is 1. The second-order valence-corrected chi connectivity index (χ2v) is 5.49. The normalized spacial score (nSPS) is 10.9. The molecule has 0 aliphatic rings. The molecule has 0 radical (unpaired) electrons. The summed E-state index contributed by atoms with van der Waals surface area (Å²) in [5, 5.41) is 15.4. The van der Waals surface area contributed by atoms with E-state index in [0.29, 0.717) is 6.54 Å². The van der Waals surface area contributed by atoms with E-state index in [2.05, 4.69) is 27.5 Å². The van der Waals surface area contributed by atoms with E-state index >= 15 is 0 Å². The topological polar surface area (TPSA) is 48.4 Å². The second-order valence-electron chi connectivity index (χ2n) is 4.63. The number of aromatic nitrogens is 1. The smallest absolute Gasteiger partial charge is 0.187 e. The Morgan fingerprint density at radius 1 is 1.25 bits per heavy atom. The van der Waals surface area contributed by atoms with E-state index in [9.17, 15) is 0 Å². The van der Waals surface area contributed by atoms with Crippen LogP contribution in [0.15, 0.2) is 35.7 Å². The molecule has 0 bridgehead atoms. The van der Waals surface area contributed by atoms with Crippen molar-refractivity contribution in [1.82, 2.24) is 9.88 Å². The first-order chi connectivity index (χ1) is 9.81. The van der Waals surface area contributed by atoms with Crippen molar-refractivity contribution in [3.8, 4) is 0 Å². The van der Waals surface area contributed by atoms with Crippen LogP contribution < -0.4 is 5.32 Å². The van der Waals surface area contributed by atoms with Crippen LogP contribution in [-0.2, 0) is 6.54 Å². The number of hydrogen-bond donors (Lipinski definition) is 2. The lowest BCUT2D eigenvalue weighted by Crippen LogP contribution is -2.27. The Morgan fingerprint density at radius 2 is 2.05 bits per heavy atom. The number of thiazole rings is 1. The second kappa shape index (κ2) is 7.99. The quantitative estimate of drug-likeness (QED) is 0.784. The van der Waals surface area contributed by atoms with Crippen LogP contribution in [-0.4, -0.2) is 34.7 Å². The number of aliphatic hydroxyl groups is 1. The first kappa shape index (κ1) is 15.0. The first-order valence-corrected chi connectivity index (χ1v) is 7.79. The van der Waals surface area contributed by atoms with Crippen molar-refractivity contribution in [1.29, 1.82) is 0 Å². The third kappa shape index (κ3) is 4.59. The van der Waals surface area contributed by atoms with Crippen molar-refractivity contribution in [2.24, 2.45) is 0 Å². The van der Waals surface area contributed by atoms with E-state index in [0.717, 1.165) is 36.0 Å². The van der Waals surface area contributed by atoms with Crippen LogP contribution in [0.1, 0.15) is 19.0 Å². The standard InChI is InChI=1S/C15H21N3OS/c1-2-8-18(9-10-19)11-14-12-20-15(17-14)16-13-6-4-3-5-7-13/h3-7,12,19H,2,8-11H2,1H3,(H,16,17). The molecule has 108 valence electrons. The maximum absolute atomic E-state index is 9.07. The number of anilines is 2. The van der Waals surface area contributed by atoms with E-state index in [1.165, 1.54) is 0 Å². The Bertz CT molecular complexity index is 495. The third-order valence-electron chi connectivity index (χ3n) is 2.92. The minimum absolute atomic E-state index is 0.194. The van der Waals surface area contributed by atoms with Gasteiger partial charge in [-0.2, -0.15) is 0 Å². The van der Waals surface area contributed by atoms with Crippen LogP contribution in [0.2, 0.25) is 0 Å².